The highest BCUT2D eigenvalue weighted by Crippen LogP contribution is 2.19. The lowest BCUT2D eigenvalue weighted by Crippen LogP contribution is -2.40. The molecular weight excluding hydrogens is 332 g/mol. The highest BCUT2D eigenvalue weighted by atomic mass is 16.7. The Morgan fingerprint density at radius 1 is 1.15 bits per heavy atom. The third kappa shape index (κ3) is 4.74. The molecule has 1 fully saturated rings. The maximum atomic E-state index is 10.9. The molecule has 2 aromatic rings. The van der Waals surface area contributed by atoms with Crippen molar-refractivity contribution in [1.29, 1.82) is 0 Å². The maximum absolute atomic E-state index is 10.9. The van der Waals surface area contributed by atoms with Crippen molar-refractivity contribution >= 4 is 22.6 Å². The molecule has 3 rings (SSSR count). The predicted octanol–water partition coefficient (Wildman–Crippen LogP) is 3.49. The van der Waals surface area contributed by atoms with Crippen LogP contribution in [0.25, 0.3) is 16.5 Å². The second-order valence-electron chi connectivity index (χ2n) is 6.33. The van der Waals surface area contributed by atoms with Crippen molar-refractivity contribution in [3.8, 4) is 0 Å². The number of nitrogens with one attached hydrogen (secondary N) is 1. The largest absolute Gasteiger partial charge is 0.465 e. The summed E-state index contributed by atoms with van der Waals surface area (Å²) in [5.74, 6) is 0. The van der Waals surface area contributed by atoms with E-state index in [1.54, 1.807) is 0 Å². The first-order valence-electron chi connectivity index (χ1n) is 8.79. The Morgan fingerprint density at radius 2 is 1.88 bits per heavy atom. The molecule has 0 aromatic heterocycles. The number of fused-ring (bicyclic) bond motifs is 1. The molecule has 1 saturated heterocycles. The maximum Gasteiger partial charge on any atom is 0.407 e. The van der Waals surface area contributed by atoms with Crippen LogP contribution < -0.4 is 5.48 Å². The molecule has 0 atom stereocenters. The Bertz CT molecular complexity index is 769. The number of carbonyl (C=O) groups is 1. The lowest BCUT2D eigenvalue weighted by atomic mass is 10.1. The monoisotopic (exact) mass is 356 g/mol. The molecule has 0 saturated carbocycles. The third-order valence-corrected chi connectivity index (χ3v) is 4.54. The van der Waals surface area contributed by atoms with Crippen molar-refractivity contribution < 1.29 is 19.5 Å². The van der Waals surface area contributed by atoms with Gasteiger partial charge in [-0.3, -0.25) is 10.3 Å². The zero-order valence-electron chi connectivity index (χ0n) is 14.7. The normalized spacial score (nSPS) is 15.2. The first kappa shape index (κ1) is 18.2. The van der Waals surface area contributed by atoms with Crippen LogP contribution in [0.5, 0.6) is 0 Å². The number of hydroxylamine groups is 1. The average Bonchev–Trinajstić information content (AvgIpc) is 2.67. The van der Waals surface area contributed by atoms with E-state index < -0.39 is 6.09 Å². The van der Waals surface area contributed by atoms with Crippen LogP contribution >= 0.6 is 0 Å². The van der Waals surface area contributed by atoms with Gasteiger partial charge in [-0.05, 0) is 35.2 Å². The fraction of sp³-hybridized carbons (Fsp3) is 0.350. The van der Waals surface area contributed by atoms with Gasteiger partial charge in [0, 0.05) is 13.1 Å². The van der Waals surface area contributed by atoms with Crippen LogP contribution in [0.2, 0.25) is 0 Å². The molecule has 26 heavy (non-hydrogen) atoms. The molecule has 0 bridgehead atoms. The number of likely N-dealkylation sites (tertiary alicyclic amines) is 1. The molecule has 1 heterocycles. The summed E-state index contributed by atoms with van der Waals surface area (Å²) in [6.07, 6.45) is 0.689. The van der Waals surface area contributed by atoms with E-state index >= 15 is 0 Å². The minimum absolute atomic E-state index is 0.0953. The zero-order valence-corrected chi connectivity index (χ0v) is 14.7. The summed E-state index contributed by atoms with van der Waals surface area (Å²) in [7, 11) is 0. The molecule has 2 aromatic carbocycles. The van der Waals surface area contributed by atoms with Crippen LogP contribution in [0.1, 0.15) is 18.4 Å². The molecule has 138 valence electrons. The molecule has 0 aliphatic carbocycles. The number of benzene rings is 2. The Morgan fingerprint density at radius 3 is 2.62 bits per heavy atom. The van der Waals surface area contributed by atoms with E-state index in [-0.39, 0.29) is 6.10 Å². The average molecular weight is 356 g/mol. The van der Waals surface area contributed by atoms with Gasteiger partial charge in [0.1, 0.15) is 0 Å². The molecule has 1 amide bonds. The van der Waals surface area contributed by atoms with E-state index in [2.05, 4.69) is 36.3 Å². The molecule has 6 nitrogen and oxygen atoms in total. The van der Waals surface area contributed by atoms with Crippen LogP contribution in [0.3, 0.4) is 0 Å². The Kier molecular flexibility index (Phi) is 6.09. The number of amides is 1. The van der Waals surface area contributed by atoms with Crippen LogP contribution in [-0.2, 0) is 9.57 Å². The van der Waals surface area contributed by atoms with Crippen molar-refractivity contribution in [2.45, 2.75) is 18.9 Å². The van der Waals surface area contributed by atoms with E-state index in [4.69, 9.17) is 14.7 Å². The predicted molar refractivity (Wildman–Crippen MR) is 101 cm³/mol. The van der Waals surface area contributed by atoms with Crippen LogP contribution in [0, 0.1) is 0 Å². The minimum Gasteiger partial charge on any atom is -0.465 e. The molecule has 0 unspecified atom stereocenters. The van der Waals surface area contributed by atoms with Crippen molar-refractivity contribution in [3.05, 3.63) is 54.6 Å². The fourth-order valence-electron chi connectivity index (χ4n) is 3.04. The molecule has 1 aliphatic heterocycles. The van der Waals surface area contributed by atoms with Crippen LogP contribution in [0.4, 0.5) is 4.79 Å². The van der Waals surface area contributed by atoms with Crippen molar-refractivity contribution in [2.75, 3.05) is 26.3 Å². The van der Waals surface area contributed by atoms with E-state index in [1.807, 2.05) is 18.2 Å². The number of rotatable bonds is 7. The van der Waals surface area contributed by atoms with Crippen molar-refractivity contribution in [3.63, 3.8) is 0 Å². The number of nitrogens with zero attached hydrogens (tertiary/aromatic N) is 1. The van der Waals surface area contributed by atoms with Gasteiger partial charge >= 0.3 is 6.09 Å². The van der Waals surface area contributed by atoms with Crippen LogP contribution in [0.15, 0.2) is 49.0 Å². The number of carboxylic acid groups (broad SMARTS) is 1. The number of ether oxygens (including phenoxy) is 1. The molecular formula is C20H24N2O4. The fourth-order valence-corrected chi connectivity index (χ4v) is 3.04. The Hall–Kier alpha value is -2.57. The summed E-state index contributed by atoms with van der Waals surface area (Å²) in [4.78, 5) is 17.7. The van der Waals surface area contributed by atoms with Gasteiger partial charge in [-0.15, -0.1) is 0 Å². The summed E-state index contributed by atoms with van der Waals surface area (Å²) >= 11 is 0. The van der Waals surface area contributed by atoms with E-state index in [0.29, 0.717) is 32.0 Å². The summed E-state index contributed by atoms with van der Waals surface area (Å²) in [6, 6.07) is 14.3. The Balaban J connectivity index is 1.35. The van der Waals surface area contributed by atoms with Gasteiger partial charge in [-0.25, -0.2) is 4.79 Å². The highest BCUT2D eigenvalue weighted by molar-refractivity contribution is 5.85. The summed E-state index contributed by atoms with van der Waals surface area (Å²) < 4.78 is 5.74. The van der Waals surface area contributed by atoms with Gasteiger partial charge in [-0.2, -0.15) is 0 Å². The molecule has 0 radical (unpaired) electrons. The van der Waals surface area contributed by atoms with Crippen LogP contribution in [-0.4, -0.2) is 48.5 Å². The first-order valence-corrected chi connectivity index (χ1v) is 8.79. The quantitative estimate of drug-likeness (QED) is 0.587. The SMILES string of the molecule is C=C(NOCCOC1CCN(C(=O)O)CC1)c1ccc2ccccc2c1. The van der Waals surface area contributed by atoms with Gasteiger partial charge in [0.25, 0.3) is 0 Å². The molecule has 0 spiro atoms. The van der Waals surface area contributed by atoms with Gasteiger partial charge in [0.2, 0.25) is 0 Å². The summed E-state index contributed by atoms with van der Waals surface area (Å²) in [5.41, 5.74) is 4.54. The van der Waals surface area contributed by atoms with E-state index in [1.165, 1.54) is 10.3 Å². The zero-order chi connectivity index (χ0) is 18.4. The minimum atomic E-state index is -0.858. The van der Waals surface area contributed by atoms with Crippen molar-refractivity contribution in [1.82, 2.24) is 10.4 Å². The van der Waals surface area contributed by atoms with E-state index in [9.17, 15) is 4.79 Å². The van der Waals surface area contributed by atoms with Gasteiger partial charge < -0.3 is 14.7 Å². The Labute approximate surface area is 153 Å². The number of hydrogen-bond acceptors (Lipinski definition) is 4. The van der Waals surface area contributed by atoms with Gasteiger partial charge in [0.15, 0.2) is 0 Å². The standard InChI is InChI=1S/C20H24N2O4/c1-15(17-7-6-16-4-2-3-5-18(16)14-17)21-26-13-12-25-19-8-10-22(11-9-19)20(23)24/h2-7,14,19,21H,1,8-13H2,(H,23,24). The van der Waals surface area contributed by atoms with Gasteiger partial charge in [0.05, 0.1) is 25.0 Å². The third-order valence-electron chi connectivity index (χ3n) is 4.54. The smallest absolute Gasteiger partial charge is 0.407 e. The topological polar surface area (TPSA) is 71.0 Å². The van der Waals surface area contributed by atoms with Gasteiger partial charge in [-0.1, -0.05) is 43.0 Å². The summed E-state index contributed by atoms with van der Waals surface area (Å²) in [6.45, 7) is 5.91. The molecule has 6 heteroatoms. The summed E-state index contributed by atoms with van der Waals surface area (Å²) in [5, 5.41) is 11.3. The molecule has 1 aliphatic rings. The lowest BCUT2D eigenvalue weighted by molar-refractivity contribution is -0.0328. The second kappa shape index (κ2) is 8.69. The van der Waals surface area contributed by atoms with Crippen molar-refractivity contribution in [2.24, 2.45) is 0 Å². The second-order valence-corrected chi connectivity index (χ2v) is 6.33. The van der Waals surface area contributed by atoms with E-state index in [0.717, 1.165) is 23.8 Å². The highest BCUT2D eigenvalue weighted by Gasteiger charge is 2.22. The number of hydrogen-bond donors (Lipinski definition) is 2. The number of piperidine rings is 1. The molecule has 2 N–H and O–H groups in total. The first-order chi connectivity index (χ1) is 12.6. The lowest BCUT2D eigenvalue weighted by Gasteiger charge is -2.29.